The molecule has 0 aliphatic rings. The van der Waals surface area contributed by atoms with Crippen LogP contribution in [0.4, 0.5) is 0 Å². The van der Waals surface area contributed by atoms with Crippen LogP contribution in [0.15, 0.2) is 0 Å². The largest absolute Gasteiger partial charge is 0.481 e. The first-order valence-corrected chi connectivity index (χ1v) is 6.12. The second kappa shape index (κ2) is 9.44. The van der Waals surface area contributed by atoms with E-state index in [-0.39, 0.29) is 18.2 Å². The summed E-state index contributed by atoms with van der Waals surface area (Å²) in [6.45, 7) is 0.494. The zero-order valence-corrected chi connectivity index (χ0v) is 11.1. The summed E-state index contributed by atoms with van der Waals surface area (Å²) < 4.78 is 0. The van der Waals surface area contributed by atoms with Gasteiger partial charge in [0.15, 0.2) is 0 Å². The SMILES string of the molecule is CN(C)C(=O)CCCC(=O)NCCCCC(=O)O. The molecule has 0 aromatic rings. The number of unbranched alkanes of at least 4 members (excludes halogenated alkanes) is 1. The van der Waals surface area contributed by atoms with E-state index < -0.39 is 5.97 Å². The Hall–Kier alpha value is -1.59. The van der Waals surface area contributed by atoms with Crippen LogP contribution < -0.4 is 5.32 Å². The lowest BCUT2D eigenvalue weighted by molar-refractivity contribution is -0.137. The molecule has 0 unspecified atom stereocenters. The molecule has 2 N–H and O–H groups in total. The summed E-state index contributed by atoms with van der Waals surface area (Å²) >= 11 is 0. The molecule has 0 atom stereocenters. The molecule has 6 heteroatoms. The number of amides is 2. The minimum absolute atomic E-state index is 0.0178. The highest BCUT2D eigenvalue weighted by molar-refractivity contribution is 5.78. The first-order valence-electron chi connectivity index (χ1n) is 6.12. The minimum atomic E-state index is -0.816. The Labute approximate surface area is 107 Å². The predicted molar refractivity (Wildman–Crippen MR) is 67.0 cm³/mol. The van der Waals surface area contributed by atoms with E-state index in [1.807, 2.05) is 0 Å². The Bertz CT molecular complexity index is 290. The third kappa shape index (κ3) is 9.62. The molecule has 0 aromatic carbocycles. The molecule has 0 spiro atoms. The Balaban J connectivity index is 3.43. The van der Waals surface area contributed by atoms with E-state index in [1.165, 1.54) is 4.90 Å². The summed E-state index contributed by atoms with van der Waals surface area (Å²) in [5.41, 5.74) is 0. The highest BCUT2D eigenvalue weighted by atomic mass is 16.4. The minimum Gasteiger partial charge on any atom is -0.481 e. The van der Waals surface area contributed by atoms with Crippen molar-refractivity contribution in [1.82, 2.24) is 10.2 Å². The van der Waals surface area contributed by atoms with E-state index in [0.717, 1.165) is 0 Å². The molecule has 0 fully saturated rings. The molecule has 0 aliphatic carbocycles. The van der Waals surface area contributed by atoms with Crippen LogP contribution in [0.3, 0.4) is 0 Å². The van der Waals surface area contributed by atoms with Gasteiger partial charge in [0, 0.05) is 39.9 Å². The lowest BCUT2D eigenvalue weighted by atomic mass is 10.2. The molecular weight excluding hydrogens is 236 g/mol. The number of carbonyl (C=O) groups is 3. The van der Waals surface area contributed by atoms with Crippen molar-refractivity contribution in [1.29, 1.82) is 0 Å². The summed E-state index contributed by atoms with van der Waals surface area (Å²) in [5, 5.41) is 11.1. The van der Waals surface area contributed by atoms with Gasteiger partial charge in [0.05, 0.1) is 0 Å². The van der Waals surface area contributed by atoms with Crippen LogP contribution in [0.25, 0.3) is 0 Å². The monoisotopic (exact) mass is 258 g/mol. The lowest BCUT2D eigenvalue weighted by Gasteiger charge is -2.09. The Kier molecular flexibility index (Phi) is 8.61. The number of carboxylic acid groups (broad SMARTS) is 1. The molecule has 0 radical (unpaired) electrons. The zero-order chi connectivity index (χ0) is 14.0. The molecule has 0 saturated carbocycles. The van der Waals surface area contributed by atoms with Gasteiger partial charge in [-0.2, -0.15) is 0 Å². The van der Waals surface area contributed by atoms with Crippen molar-refractivity contribution in [3.05, 3.63) is 0 Å². The van der Waals surface area contributed by atoms with Gasteiger partial charge in [-0.1, -0.05) is 0 Å². The van der Waals surface area contributed by atoms with E-state index in [2.05, 4.69) is 5.32 Å². The highest BCUT2D eigenvalue weighted by Gasteiger charge is 2.06. The van der Waals surface area contributed by atoms with Gasteiger partial charge in [-0.25, -0.2) is 0 Å². The molecule has 0 heterocycles. The molecule has 0 aromatic heterocycles. The third-order valence-electron chi connectivity index (χ3n) is 2.43. The van der Waals surface area contributed by atoms with Crippen LogP contribution in [-0.2, 0) is 14.4 Å². The second-order valence-electron chi connectivity index (χ2n) is 4.34. The van der Waals surface area contributed by atoms with Crippen molar-refractivity contribution in [3.63, 3.8) is 0 Å². The number of nitrogens with zero attached hydrogens (tertiary/aromatic N) is 1. The van der Waals surface area contributed by atoms with Crippen LogP contribution in [0.1, 0.15) is 38.5 Å². The number of nitrogens with one attached hydrogen (secondary N) is 1. The summed E-state index contributed by atoms with van der Waals surface area (Å²) in [6.07, 6.45) is 2.60. The molecule has 0 aliphatic heterocycles. The van der Waals surface area contributed by atoms with Crippen LogP contribution >= 0.6 is 0 Å². The van der Waals surface area contributed by atoms with E-state index in [0.29, 0.717) is 38.6 Å². The third-order valence-corrected chi connectivity index (χ3v) is 2.43. The number of rotatable bonds is 9. The van der Waals surface area contributed by atoms with Crippen LogP contribution in [0.5, 0.6) is 0 Å². The molecule has 6 nitrogen and oxygen atoms in total. The molecule has 104 valence electrons. The fourth-order valence-corrected chi connectivity index (χ4v) is 1.34. The summed E-state index contributed by atoms with van der Waals surface area (Å²) in [4.78, 5) is 34.3. The zero-order valence-electron chi connectivity index (χ0n) is 11.1. The van der Waals surface area contributed by atoms with Gasteiger partial charge in [0.25, 0.3) is 0 Å². The molecule has 0 rings (SSSR count). The smallest absolute Gasteiger partial charge is 0.303 e. The van der Waals surface area contributed by atoms with Crippen LogP contribution in [0.2, 0.25) is 0 Å². The number of hydrogen-bond acceptors (Lipinski definition) is 3. The van der Waals surface area contributed by atoms with Crippen molar-refractivity contribution in [2.75, 3.05) is 20.6 Å². The summed E-state index contributed by atoms with van der Waals surface area (Å²) in [7, 11) is 3.37. The number of carbonyl (C=O) groups excluding carboxylic acids is 2. The predicted octanol–water partition coefficient (Wildman–Crippen LogP) is 0.616. The van der Waals surface area contributed by atoms with Gasteiger partial charge in [-0.3, -0.25) is 14.4 Å². The van der Waals surface area contributed by atoms with Gasteiger partial charge in [-0.05, 0) is 19.3 Å². The Morgan fingerprint density at radius 2 is 1.67 bits per heavy atom. The van der Waals surface area contributed by atoms with Crippen LogP contribution in [0, 0.1) is 0 Å². The average Bonchev–Trinajstić information content (AvgIpc) is 2.27. The van der Waals surface area contributed by atoms with E-state index in [1.54, 1.807) is 14.1 Å². The molecule has 0 saturated heterocycles. The van der Waals surface area contributed by atoms with Crippen molar-refractivity contribution in [2.45, 2.75) is 38.5 Å². The fourth-order valence-electron chi connectivity index (χ4n) is 1.34. The Morgan fingerprint density at radius 3 is 2.22 bits per heavy atom. The second-order valence-corrected chi connectivity index (χ2v) is 4.34. The summed E-state index contributed by atoms with van der Waals surface area (Å²) in [5.74, 6) is -0.885. The normalized spacial score (nSPS) is 9.89. The first kappa shape index (κ1) is 16.4. The highest BCUT2D eigenvalue weighted by Crippen LogP contribution is 1.99. The number of hydrogen-bond donors (Lipinski definition) is 2. The van der Waals surface area contributed by atoms with Gasteiger partial charge in [-0.15, -0.1) is 0 Å². The fraction of sp³-hybridized carbons (Fsp3) is 0.750. The molecule has 18 heavy (non-hydrogen) atoms. The van der Waals surface area contributed by atoms with E-state index in [4.69, 9.17) is 5.11 Å². The topological polar surface area (TPSA) is 86.7 Å². The maximum Gasteiger partial charge on any atom is 0.303 e. The van der Waals surface area contributed by atoms with Crippen molar-refractivity contribution >= 4 is 17.8 Å². The van der Waals surface area contributed by atoms with Crippen molar-refractivity contribution in [3.8, 4) is 0 Å². The van der Waals surface area contributed by atoms with Gasteiger partial charge >= 0.3 is 5.97 Å². The summed E-state index contributed by atoms with van der Waals surface area (Å²) in [6, 6.07) is 0. The van der Waals surface area contributed by atoms with Gasteiger partial charge < -0.3 is 15.3 Å². The molecule has 2 amide bonds. The van der Waals surface area contributed by atoms with Crippen LogP contribution in [-0.4, -0.2) is 48.4 Å². The number of carboxylic acids is 1. The average molecular weight is 258 g/mol. The number of aliphatic carboxylic acids is 1. The standard InChI is InChI=1S/C12H22N2O4/c1-14(2)11(16)7-5-6-10(15)13-9-4-3-8-12(17)18/h3-9H2,1-2H3,(H,13,15)(H,17,18). The van der Waals surface area contributed by atoms with E-state index in [9.17, 15) is 14.4 Å². The van der Waals surface area contributed by atoms with Gasteiger partial charge in [0.1, 0.15) is 0 Å². The van der Waals surface area contributed by atoms with Crippen molar-refractivity contribution < 1.29 is 19.5 Å². The maximum atomic E-state index is 11.3. The quantitative estimate of drug-likeness (QED) is 0.593. The van der Waals surface area contributed by atoms with Crippen molar-refractivity contribution in [2.24, 2.45) is 0 Å². The lowest BCUT2D eigenvalue weighted by Crippen LogP contribution is -2.25. The molecule has 0 bridgehead atoms. The molecular formula is C12H22N2O4. The van der Waals surface area contributed by atoms with Gasteiger partial charge in [0.2, 0.25) is 11.8 Å². The maximum absolute atomic E-state index is 11.3. The Morgan fingerprint density at radius 1 is 1.00 bits per heavy atom. The first-order chi connectivity index (χ1) is 8.43. The van der Waals surface area contributed by atoms with E-state index >= 15 is 0 Å².